The number of para-hydroxylation sites is 1. The van der Waals surface area contributed by atoms with E-state index < -0.39 is 6.36 Å². The number of alkyl halides is 3. The largest absolute Gasteiger partial charge is 0.573 e. The quantitative estimate of drug-likeness (QED) is 0.568. The highest BCUT2D eigenvalue weighted by Gasteiger charge is 2.31. The lowest BCUT2D eigenvalue weighted by molar-refractivity contribution is -0.274. The van der Waals surface area contributed by atoms with Gasteiger partial charge in [0.1, 0.15) is 5.75 Å². The smallest absolute Gasteiger partial charge is 0.481 e. The molecule has 6 nitrogen and oxygen atoms in total. The molecule has 1 aromatic carbocycles. The average molecular weight is 382 g/mol. The van der Waals surface area contributed by atoms with Crippen molar-refractivity contribution in [1.82, 2.24) is 15.6 Å². The van der Waals surface area contributed by atoms with Gasteiger partial charge < -0.3 is 20.1 Å². The van der Waals surface area contributed by atoms with E-state index >= 15 is 0 Å². The van der Waals surface area contributed by atoms with Crippen LogP contribution in [0.4, 0.5) is 13.2 Å². The fourth-order valence-corrected chi connectivity index (χ4v) is 2.29. The Balaban J connectivity index is 2.09. The van der Waals surface area contributed by atoms with Crippen LogP contribution in [0.25, 0.3) is 0 Å². The SMILES string of the molecule is CCNC(=NCc1cccnc1OC)NCc1ccccc1OC(F)(F)F. The Labute approximate surface area is 155 Å². The number of hydrogen-bond acceptors (Lipinski definition) is 4. The Morgan fingerprint density at radius 1 is 1.11 bits per heavy atom. The number of aliphatic imine (C=N–C) groups is 1. The summed E-state index contributed by atoms with van der Waals surface area (Å²) in [7, 11) is 1.52. The molecule has 146 valence electrons. The lowest BCUT2D eigenvalue weighted by Crippen LogP contribution is -2.37. The van der Waals surface area contributed by atoms with Gasteiger partial charge in [-0.25, -0.2) is 9.98 Å². The molecule has 0 saturated carbocycles. The number of aromatic nitrogens is 1. The van der Waals surface area contributed by atoms with E-state index in [2.05, 4.69) is 25.3 Å². The molecule has 0 aliphatic carbocycles. The highest BCUT2D eigenvalue weighted by molar-refractivity contribution is 5.79. The maximum Gasteiger partial charge on any atom is 0.573 e. The highest BCUT2D eigenvalue weighted by Crippen LogP contribution is 2.26. The molecule has 0 unspecified atom stereocenters. The number of ether oxygens (including phenoxy) is 2. The van der Waals surface area contributed by atoms with Crippen LogP contribution < -0.4 is 20.1 Å². The third-order valence-electron chi connectivity index (χ3n) is 3.44. The van der Waals surface area contributed by atoms with E-state index in [0.717, 1.165) is 5.56 Å². The molecule has 27 heavy (non-hydrogen) atoms. The zero-order chi connectivity index (χ0) is 19.7. The van der Waals surface area contributed by atoms with Crippen molar-refractivity contribution in [2.24, 2.45) is 4.99 Å². The molecule has 0 spiro atoms. The first kappa shape index (κ1) is 20.3. The third-order valence-corrected chi connectivity index (χ3v) is 3.44. The molecule has 0 aliphatic rings. The molecule has 1 aromatic heterocycles. The van der Waals surface area contributed by atoms with Crippen molar-refractivity contribution in [2.75, 3.05) is 13.7 Å². The summed E-state index contributed by atoms with van der Waals surface area (Å²) in [6, 6.07) is 9.57. The van der Waals surface area contributed by atoms with Gasteiger partial charge in [-0.15, -0.1) is 13.2 Å². The van der Waals surface area contributed by atoms with Crippen LogP contribution in [0, 0.1) is 0 Å². The molecule has 2 rings (SSSR count). The molecule has 1 heterocycles. The van der Waals surface area contributed by atoms with E-state index in [1.165, 1.54) is 19.2 Å². The molecule has 0 fully saturated rings. The Hall–Kier alpha value is -2.97. The van der Waals surface area contributed by atoms with Crippen molar-refractivity contribution in [1.29, 1.82) is 0 Å². The first-order chi connectivity index (χ1) is 12.9. The number of pyridine rings is 1. The maximum atomic E-state index is 12.5. The van der Waals surface area contributed by atoms with E-state index in [9.17, 15) is 13.2 Å². The maximum absolute atomic E-state index is 12.5. The fourth-order valence-electron chi connectivity index (χ4n) is 2.29. The van der Waals surface area contributed by atoms with Crippen molar-refractivity contribution >= 4 is 5.96 Å². The second-order valence-electron chi connectivity index (χ2n) is 5.38. The van der Waals surface area contributed by atoms with Gasteiger partial charge in [-0.05, 0) is 19.1 Å². The number of benzene rings is 1. The van der Waals surface area contributed by atoms with Crippen molar-refractivity contribution in [3.63, 3.8) is 0 Å². The minimum atomic E-state index is -4.74. The van der Waals surface area contributed by atoms with E-state index in [1.54, 1.807) is 24.4 Å². The molecule has 0 amide bonds. The Kier molecular flexibility index (Phi) is 7.27. The van der Waals surface area contributed by atoms with Crippen LogP contribution in [0.3, 0.4) is 0 Å². The van der Waals surface area contributed by atoms with Crippen LogP contribution >= 0.6 is 0 Å². The van der Waals surface area contributed by atoms with Gasteiger partial charge in [0.25, 0.3) is 0 Å². The molecule has 2 N–H and O–H groups in total. The van der Waals surface area contributed by atoms with Gasteiger partial charge in [0.15, 0.2) is 5.96 Å². The van der Waals surface area contributed by atoms with E-state index in [0.29, 0.717) is 30.5 Å². The standard InChI is InChI=1S/C18H21F3N4O2/c1-3-22-17(25-12-14-8-6-10-23-16(14)26-2)24-11-13-7-4-5-9-15(13)27-18(19,20)21/h4-10H,3,11-12H2,1-2H3,(H2,22,24,25). The van der Waals surface area contributed by atoms with Crippen molar-refractivity contribution < 1.29 is 22.6 Å². The van der Waals surface area contributed by atoms with E-state index in [-0.39, 0.29) is 12.3 Å². The molecule has 0 atom stereocenters. The summed E-state index contributed by atoms with van der Waals surface area (Å²) < 4.78 is 46.8. The van der Waals surface area contributed by atoms with Crippen molar-refractivity contribution in [3.05, 3.63) is 53.7 Å². The second kappa shape index (κ2) is 9.65. The summed E-state index contributed by atoms with van der Waals surface area (Å²) in [5, 5.41) is 6.04. The van der Waals surface area contributed by atoms with Gasteiger partial charge in [-0.1, -0.05) is 24.3 Å². The normalized spacial score (nSPS) is 11.8. The Morgan fingerprint density at radius 2 is 1.85 bits per heavy atom. The number of hydrogen-bond donors (Lipinski definition) is 2. The van der Waals surface area contributed by atoms with Gasteiger partial charge in [0.05, 0.1) is 13.7 Å². The average Bonchev–Trinajstić information content (AvgIpc) is 2.64. The molecule has 0 radical (unpaired) electrons. The van der Waals surface area contributed by atoms with Crippen LogP contribution in [0.5, 0.6) is 11.6 Å². The van der Waals surface area contributed by atoms with Gasteiger partial charge in [-0.3, -0.25) is 0 Å². The van der Waals surface area contributed by atoms with Crippen LogP contribution in [0.15, 0.2) is 47.6 Å². The van der Waals surface area contributed by atoms with E-state index in [1.807, 2.05) is 13.0 Å². The van der Waals surface area contributed by atoms with Crippen LogP contribution in [-0.4, -0.2) is 31.0 Å². The fraction of sp³-hybridized carbons (Fsp3) is 0.333. The molecule has 0 aliphatic heterocycles. The molecule has 0 bridgehead atoms. The molecule has 2 aromatic rings. The third kappa shape index (κ3) is 6.69. The highest BCUT2D eigenvalue weighted by atomic mass is 19.4. The second-order valence-corrected chi connectivity index (χ2v) is 5.38. The predicted octanol–water partition coefficient (Wildman–Crippen LogP) is 3.24. The molecular formula is C18H21F3N4O2. The number of methoxy groups -OCH3 is 1. The lowest BCUT2D eigenvalue weighted by Gasteiger charge is -2.15. The summed E-state index contributed by atoms with van der Waals surface area (Å²) >= 11 is 0. The van der Waals surface area contributed by atoms with Crippen LogP contribution in [-0.2, 0) is 13.1 Å². The number of nitrogens with one attached hydrogen (secondary N) is 2. The van der Waals surface area contributed by atoms with Crippen LogP contribution in [0.1, 0.15) is 18.1 Å². The minimum absolute atomic E-state index is 0.113. The van der Waals surface area contributed by atoms with Crippen LogP contribution in [0.2, 0.25) is 0 Å². The molecule has 0 saturated heterocycles. The zero-order valence-corrected chi connectivity index (χ0v) is 15.0. The molecule has 9 heteroatoms. The number of guanidine groups is 1. The van der Waals surface area contributed by atoms with E-state index in [4.69, 9.17) is 4.74 Å². The first-order valence-corrected chi connectivity index (χ1v) is 8.26. The summed E-state index contributed by atoms with van der Waals surface area (Å²) in [5.41, 5.74) is 1.15. The van der Waals surface area contributed by atoms with Gasteiger partial charge >= 0.3 is 6.36 Å². The summed E-state index contributed by atoms with van der Waals surface area (Å²) in [5.74, 6) is 0.675. The van der Waals surface area contributed by atoms with Gasteiger partial charge in [0, 0.05) is 30.4 Å². The number of halogens is 3. The van der Waals surface area contributed by atoms with Crippen molar-refractivity contribution in [2.45, 2.75) is 26.4 Å². The summed E-state index contributed by atoms with van der Waals surface area (Å²) in [4.78, 5) is 8.53. The molecular weight excluding hydrogens is 361 g/mol. The Bertz CT molecular complexity index is 766. The van der Waals surface area contributed by atoms with Gasteiger partial charge in [0.2, 0.25) is 5.88 Å². The topological polar surface area (TPSA) is 67.8 Å². The summed E-state index contributed by atoms with van der Waals surface area (Å²) in [6.07, 6.45) is -3.13. The first-order valence-electron chi connectivity index (χ1n) is 8.26. The predicted molar refractivity (Wildman–Crippen MR) is 95.6 cm³/mol. The lowest BCUT2D eigenvalue weighted by atomic mass is 10.2. The van der Waals surface area contributed by atoms with Gasteiger partial charge in [-0.2, -0.15) is 0 Å². The summed E-state index contributed by atoms with van der Waals surface area (Å²) in [6.45, 7) is 2.90. The minimum Gasteiger partial charge on any atom is -0.481 e. The zero-order valence-electron chi connectivity index (χ0n) is 15.0. The number of rotatable bonds is 7. The monoisotopic (exact) mass is 382 g/mol. The Morgan fingerprint density at radius 3 is 2.56 bits per heavy atom. The van der Waals surface area contributed by atoms with Crippen molar-refractivity contribution in [3.8, 4) is 11.6 Å². The number of nitrogens with zero attached hydrogens (tertiary/aromatic N) is 2.